The Balaban J connectivity index is 1.93. The molecule has 0 spiro atoms. The van der Waals surface area contributed by atoms with Crippen LogP contribution in [-0.2, 0) is 0 Å². The van der Waals surface area contributed by atoms with E-state index >= 15 is 0 Å². The minimum absolute atomic E-state index is 0.0140. The Morgan fingerprint density at radius 3 is 2.47 bits per heavy atom. The van der Waals surface area contributed by atoms with E-state index in [4.69, 9.17) is 0 Å². The molecule has 0 unspecified atom stereocenters. The van der Waals surface area contributed by atoms with E-state index in [-0.39, 0.29) is 28.3 Å². The van der Waals surface area contributed by atoms with Crippen LogP contribution in [0.4, 0.5) is 16.0 Å². The third-order valence-corrected chi connectivity index (χ3v) is 4.20. The number of aromatic amines is 1. The van der Waals surface area contributed by atoms with Gasteiger partial charge in [0.1, 0.15) is 23.3 Å². The van der Waals surface area contributed by atoms with Gasteiger partial charge in [0.05, 0.1) is 17.6 Å². The summed E-state index contributed by atoms with van der Waals surface area (Å²) in [4.78, 5) is 20.5. The number of nitrogens with one attached hydrogen (secondary N) is 2. The summed E-state index contributed by atoms with van der Waals surface area (Å²) in [7, 11) is 3.42. The van der Waals surface area contributed by atoms with Gasteiger partial charge in [0.15, 0.2) is 5.82 Å². The van der Waals surface area contributed by atoms with Crippen LogP contribution < -0.4 is 15.9 Å². The number of nitriles is 2. The Hall–Kier alpha value is -4.50. The smallest absolute Gasteiger partial charge is 0.270 e. The maximum Gasteiger partial charge on any atom is 0.270 e. The minimum Gasteiger partial charge on any atom is -0.377 e. The lowest BCUT2D eigenvalue weighted by molar-refractivity contribution is 0.622. The van der Waals surface area contributed by atoms with Crippen molar-refractivity contribution in [1.82, 2.24) is 9.97 Å². The molecule has 3 rings (SSSR count). The molecule has 2 N–H and O–H groups in total. The molecule has 0 radical (unpaired) electrons. The van der Waals surface area contributed by atoms with Crippen molar-refractivity contribution >= 4 is 17.9 Å². The van der Waals surface area contributed by atoms with Crippen LogP contribution >= 0.6 is 0 Å². The summed E-state index contributed by atoms with van der Waals surface area (Å²) in [6.45, 7) is 0. The van der Waals surface area contributed by atoms with Crippen molar-refractivity contribution in [3.05, 3.63) is 75.3 Å². The molecule has 0 saturated carbocycles. The summed E-state index contributed by atoms with van der Waals surface area (Å²) in [6.07, 6.45) is 1.18. The van der Waals surface area contributed by atoms with Gasteiger partial charge in [-0.3, -0.25) is 9.78 Å². The van der Waals surface area contributed by atoms with E-state index in [2.05, 4.69) is 20.5 Å². The third kappa shape index (κ3) is 4.01. The second kappa shape index (κ2) is 8.67. The highest BCUT2D eigenvalue weighted by molar-refractivity contribution is 5.83. The van der Waals surface area contributed by atoms with Gasteiger partial charge in [-0.15, -0.1) is 0 Å². The van der Waals surface area contributed by atoms with Gasteiger partial charge in [0, 0.05) is 25.2 Å². The standard InChI is InChI=1S/C21H16FN7O/c1-29(2)17-9-8-14(18(22)15(17)10-23)12-25-28-21-26-19(13-6-4-3-5-7-13)16(11-24)20(30)27-21/h3-9,12H,1-2H3,(H2,26,27,28,30). The van der Waals surface area contributed by atoms with Crippen molar-refractivity contribution in [2.75, 3.05) is 24.4 Å². The van der Waals surface area contributed by atoms with Crippen molar-refractivity contribution in [3.8, 4) is 23.4 Å². The van der Waals surface area contributed by atoms with Crippen LogP contribution in [0.1, 0.15) is 16.7 Å². The molecule has 1 aromatic heterocycles. The Kier molecular flexibility index (Phi) is 5.85. The van der Waals surface area contributed by atoms with Gasteiger partial charge in [0.2, 0.25) is 5.95 Å². The fourth-order valence-electron chi connectivity index (χ4n) is 2.76. The highest BCUT2D eigenvalue weighted by Gasteiger charge is 2.14. The predicted octanol–water partition coefficient (Wildman–Crippen LogP) is 2.83. The van der Waals surface area contributed by atoms with Crippen molar-refractivity contribution in [2.45, 2.75) is 0 Å². The fraction of sp³-hybridized carbons (Fsp3) is 0.0952. The average Bonchev–Trinajstić information content (AvgIpc) is 2.74. The fourth-order valence-corrected chi connectivity index (χ4v) is 2.76. The molecule has 0 atom stereocenters. The molecule has 0 aliphatic heterocycles. The normalized spacial score (nSPS) is 10.4. The molecule has 9 heteroatoms. The largest absolute Gasteiger partial charge is 0.377 e. The number of halogens is 1. The average molecular weight is 401 g/mol. The molecule has 0 amide bonds. The first kappa shape index (κ1) is 20.2. The number of nitrogens with zero attached hydrogens (tertiary/aromatic N) is 5. The van der Waals surface area contributed by atoms with E-state index in [1.54, 1.807) is 55.4 Å². The zero-order valence-electron chi connectivity index (χ0n) is 16.1. The Bertz CT molecular complexity index is 1250. The Morgan fingerprint density at radius 1 is 1.13 bits per heavy atom. The number of hydrogen-bond acceptors (Lipinski definition) is 7. The number of anilines is 2. The highest BCUT2D eigenvalue weighted by atomic mass is 19.1. The summed E-state index contributed by atoms with van der Waals surface area (Å²) in [5.41, 5.74) is 3.01. The molecule has 1 heterocycles. The second-order valence-electron chi connectivity index (χ2n) is 6.36. The SMILES string of the molecule is CN(C)c1ccc(C=NNc2nc(-c3ccccc3)c(C#N)c(=O)[nH]2)c(F)c1C#N. The number of rotatable bonds is 5. The molecular weight excluding hydrogens is 385 g/mol. The Morgan fingerprint density at radius 2 is 1.83 bits per heavy atom. The molecule has 3 aromatic rings. The van der Waals surface area contributed by atoms with E-state index < -0.39 is 11.4 Å². The summed E-state index contributed by atoms with van der Waals surface area (Å²) < 4.78 is 14.6. The molecule has 2 aromatic carbocycles. The van der Waals surface area contributed by atoms with Crippen molar-refractivity contribution in [1.29, 1.82) is 10.5 Å². The number of hydrazone groups is 1. The highest BCUT2D eigenvalue weighted by Crippen LogP contribution is 2.23. The molecule has 30 heavy (non-hydrogen) atoms. The van der Waals surface area contributed by atoms with Gasteiger partial charge in [-0.05, 0) is 12.1 Å². The molecule has 0 aliphatic carbocycles. The summed E-state index contributed by atoms with van der Waals surface area (Å²) in [5.74, 6) is -0.722. The van der Waals surface area contributed by atoms with Gasteiger partial charge in [-0.25, -0.2) is 14.8 Å². The number of benzene rings is 2. The van der Waals surface area contributed by atoms with E-state index in [1.165, 1.54) is 12.3 Å². The van der Waals surface area contributed by atoms with Crippen molar-refractivity contribution in [3.63, 3.8) is 0 Å². The van der Waals surface area contributed by atoms with Gasteiger partial charge < -0.3 is 4.90 Å². The van der Waals surface area contributed by atoms with Gasteiger partial charge in [-0.2, -0.15) is 15.6 Å². The first-order valence-corrected chi connectivity index (χ1v) is 8.75. The lowest BCUT2D eigenvalue weighted by Gasteiger charge is -2.15. The van der Waals surface area contributed by atoms with Gasteiger partial charge in [0.25, 0.3) is 5.56 Å². The van der Waals surface area contributed by atoms with Crippen molar-refractivity contribution < 1.29 is 4.39 Å². The van der Waals surface area contributed by atoms with Crippen LogP contribution in [0.25, 0.3) is 11.3 Å². The molecule has 0 aliphatic rings. The maximum absolute atomic E-state index is 14.6. The van der Waals surface area contributed by atoms with E-state index in [9.17, 15) is 19.7 Å². The van der Waals surface area contributed by atoms with Crippen LogP contribution in [0.5, 0.6) is 0 Å². The first-order chi connectivity index (χ1) is 14.5. The minimum atomic E-state index is -0.708. The number of hydrogen-bond donors (Lipinski definition) is 2. The van der Waals surface area contributed by atoms with Crippen LogP contribution in [0.15, 0.2) is 52.4 Å². The van der Waals surface area contributed by atoms with E-state index in [0.29, 0.717) is 11.3 Å². The molecule has 8 nitrogen and oxygen atoms in total. The van der Waals surface area contributed by atoms with Crippen LogP contribution in [0.3, 0.4) is 0 Å². The molecule has 0 bridgehead atoms. The van der Waals surface area contributed by atoms with Crippen LogP contribution in [0, 0.1) is 28.5 Å². The predicted molar refractivity (Wildman–Crippen MR) is 112 cm³/mol. The van der Waals surface area contributed by atoms with Crippen LogP contribution in [0.2, 0.25) is 0 Å². The maximum atomic E-state index is 14.6. The number of aromatic nitrogens is 2. The molecule has 0 fully saturated rings. The zero-order valence-corrected chi connectivity index (χ0v) is 16.1. The lowest BCUT2D eigenvalue weighted by Crippen LogP contribution is -2.16. The first-order valence-electron chi connectivity index (χ1n) is 8.75. The molecule has 148 valence electrons. The topological polar surface area (TPSA) is 121 Å². The van der Waals surface area contributed by atoms with E-state index in [0.717, 1.165) is 0 Å². The van der Waals surface area contributed by atoms with Crippen LogP contribution in [-0.4, -0.2) is 30.3 Å². The van der Waals surface area contributed by atoms with Crippen molar-refractivity contribution in [2.24, 2.45) is 5.10 Å². The third-order valence-electron chi connectivity index (χ3n) is 4.20. The number of H-pyrrole nitrogens is 1. The monoisotopic (exact) mass is 401 g/mol. The quantitative estimate of drug-likeness (QED) is 0.501. The zero-order chi connectivity index (χ0) is 21.7. The lowest BCUT2D eigenvalue weighted by atomic mass is 10.1. The summed E-state index contributed by atoms with van der Waals surface area (Å²) in [5, 5.41) is 22.4. The Labute approximate surface area is 171 Å². The second-order valence-corrected chi connectivity index (χ2v) is 6.36. The summed E-state index contributed by atoms with van der Waals surface area (Å²) >= 11 is 0. The van der Waals surface area contributed by atoms with E-state index in [1.807, 2.05) is 12.1 Å². The van der Waals surface area contributed by atoms with Gasteiger partial charge in [-0.1, -0.05) is 30.3 Å². The molecular formula is C21H16FN7O. The molecule has 0 saturated heterocycles. The summed E-state index contributed by atoms with van der Waals surface area (Å²) in [6, 6.07) is 15.6. The van der Waals surface area contributed by atoms with Gasteiger partial charge >= 0.3 is 0 Å².